The van der Waals surface area contributed by atoms with Gasteiger partial charge in [0, 0.05) is 5.75 Å². The number of aliphatic hydroxyl groups is 1. The summed E-state index contributed by atoms with van der Waals surface area (Å²) < 4.78 is 0. The molecule has 0 aliphatic rings. The van der Waals surface area contributed by atoms with Gasteiger partial charge in [0.25, 0.3) is 0 Å². The second-order valence-corrected chi connectivity index (χ2v) is 7.83. The number of unbranched alkanes of at least 4 members (excludes halogenated alkanes) is 1. The van der Waals surface area contributed by atoms with Gasteiger partial charge in [-0.15, -0.1) is 0 Å². The van der Waals surface area contributed by atoms with Crippen molar-refractivity contribution in [1.29, 1.82) is 0 Å². The molecular formula is C21H33N5O6S. The number of aliphatic carboxylic acids is 1. The molecule has 11 nitrogen and oxygen atoms in total. The third-order valence-corrected chi connectivity index (χ3v) is 5.19. The van der Waals surface area contributed by atoms with E-state index in [1.54, 1.807) is 24.3 Å². The Hall–Kier alpha value is -2.67. The van der Waals surface area contributed by atoms with E-state index in [1.807, 2.05) is 6.07 Å². The van der Waals surface area contributed by atoms with Crippen molar-refractivity contribution in [2.24, 2.45) is 11.5 Å². The summed E-state index contributed by atoms with van der Waals surface area (Å²) in [6, 6.07) is 4.42. The Labute approximate surface area is 198 Å². The van der Waals surface area contributed by atoms with Crippen LogP contribution in [0.3, 0.4) is 0 Å². The molecule has 4 atom stereocenters. The van der Waals surface area contributed by atoms with E-state index in [4.69, 9.17) is 11.5 Å². The number of benzene rings is 1. The molecule has 0 fully saturated rings. The van der Waals surface area contributed by atoms with Crippen LogP contribution in [0.4, 0.5) is 0 Å². The molecule has 12 heteroatoms. The van der Waals surface area contributed by atoms with Gasteiger partial charge in [-0.05, 0) is 37.8 Å². The van der Waals surface area contributed by atoms with Crippen molar-refractivity contribution < 1.29 is 29.4 Å². The molecule has 4 unspecified atom stereocenters. The van der Waals surface area contributed by atoms with Crippen LogP contribution < -0.4 is 27.4 Å². The molecule has 184 valence electrons. The predicted molar refractivity (Wildman–Crippen MR) is 125 cm³/mol. The fraction of sp³-hybridized carbons (Fsp3) is 0.524. The van der Waals surface area contributed by atoms with Gasteiger partial charge < -0.3 is 37.6 Å². The summed E-state index contributed by atoms with van der Waals surface area (Å²) in [5.74, 6) is -3.57. The molecule has 1 aromatic rings. The van der Waals surface area contributed by atoms with Gasteiger partial charge >= 0.3 is 5.97 Å². The number of thiol groups is 1. The average Bonchev–Trinajstić information content (AvgIpc) is 2.80. The van der Waals surface area contributed by atoms with Crippen molar-refractivity contribution in [3.63, 3.8) is 0 Å². The standard InChI is InChI=1S/C21H33N5O6S/c22-9-5-4-8-15(21(31)32)24-20(30)17(12-33)26-19(29)16(11-27)25-18(28)14(23)10-13-6-2-1-3-7-13/h1-3,6-7,14-17,27,33H,4-5,8-12,22-23H2,(H,24,30)(H,25,28)(H,26,29)(H,31,32). The maximum Gasteiger partial charge on any atom is 0.326 e. The number of carbonyl (C=O) groups excluding carboxylic acids is 3. The van der Waals surface area contributed by atoms with Crippen molar-refractivity contribution >= 4 is 36.3 Å². The van der Waals surface area contributed by atoms with Gasteiger partial charge in [0.05, 0.1) is 12.6 Å². The second-order valence-electron chi connectivity index (χ2n) is 7.47. The van der Waals surface area contributed by atoms with Crippen LogP contribution in [0.2, 0.25) is 0 Å². The third-order valence-electron chi connectivity index (χ3n) is 4.83. The lowest BCUT2D eigenvalue weighted by Crippen LogP contribution is -2.58. The molecule has 9 N–H and O–H groups in total. The Morgan fingerprint density at radius 2 is 1.48 bits per heavy atom. The summed E-state index contributed by atoms with van der Waals surface area (Å²) in [4.78, 5) is 48.7. The van der Waals surface area contributed by atoms with Crippen LogP contribution in [0.15, 0.2) is 30.3 Å². The largest absolute Gasteiger partial charge is 0.480 e. The Morgan fingerprint density at radius 1 is 0.909 bits per heavy atom. The summed E-state index contributed by atoms with van der Waals surface area (Å²) >= 11 is 4.04. The summed E-state index contributed by atoms with van der Waals surface area (Å²) in [5, 5.41) is 25.9. The summed E-state index contributed by atoms with van der Waals surface area (Å²) in [5.41, 5.74) is 12.1. The van der Waals surface area contributed by atoms with E-state index in [0.717, 1.165) is 5.56 Å². The van der Waals surface area contributed by atoms with E-state index >= 15 is 0 Å². The van der Waals surface area contributed by atoms with Crippen LogP contribution in [-0.4, -0.2) is 77.0 Å². The fourth-order valence-corrected chi connectivity index (χ4v) is 3.18. The normalized spacial score (nSPS) is 14.4. The average molecular weight is 484 g/mol. The molecule has 0 saturated carbocycles. The minimum Gasteiger partial charge on any atom is -0.480 e. The number of carboxylic acid groups (broad SMARTS) is 1. The molecule has 3 amide bonds. The van der Waals surface area contributed by atoms with Gasteiger partial charge in [-0.25, -0.2) is 4.79 Å². The molecule has 0 spiro atoms. The van der Waals surface area contributed by atoms with Crippen molar-refractivity contribution in [2.75, 3.05) is 18.9 Å². The van der Waals surface area contributed by atoms with Crippen molar-refractivity contribution in [3.8, 4) is 0 Å². The van der Waals surface area contributed by atoms with E-state index in [9.17, 15) is 29.4 Å². The number of hydrogen-bond acceptors (Lipinski definition) is 8. The molecule has 0 aliphatic carbocycles. The zero-order chi connectivity index (χ0) is 24.8. The molecule has 0 saturated heterocycles. The topological polar surface area (TPSA) is 197 Å². The summed E-state index contributed by atoms with van der Waals surface area (Å²) in [6.07, 6.45) is 1.53. The zero-order valence-corrected chi connectivity index (χ0v) is 19.2. The van der Waals surface area contributed by atoms with Crippen LogP contribution in [0, 0.1) is 0 Å². The van der Waals surface area contributed by atoms with E-state index in [1.165, 1.54) is 0 Å². The maximum absolute atomic E-state index is 12.5. The van der Waals surface area contributed by atoms with Crippen LogP contribution in [-0.2, 0) is 25.6 Å². The third kappa shape index (κ3) is 10.2. The molecule has 0 aromatic heterocycles. The lowest BCUT2D eigenvalue weighted by Gasteiger charge is -2.23. The minimum atomic E-state index is -1.35. The number of aliphatic hydroxyl groups excluding tert-OH is 1. The Kier molecular flexibility index (Phi) is 13.1. The highest BCUT2D eigenvalue weighted by atomic mass is 32.1. The molecular weight excluding hydrogens is 450 g/mol. The van der Waals surface area contributed by atoms with E-state index < -0.39 is 54.5 Å². The van der Waals surface area contributed by atoms with Crippen LogP contribution in [0.5, 0.6) is 0 Å². The monoisotopic (exact) mass is 483 g/mol. The number of rotatable bonds is 15. The summed E-state index contributed by atoms with van der Waals surface area (Å²) in [7, 11) is 0. The number of nitrogens with one attached hydrogen (secondary N) is 3. The van der Waals surface area contributed by atoms with Crippen molar-refractivity contribution in [1.82, 2.24) is 16.0 Å². The lowest BCUT2D eigenvalue weighted by molar-refractivity contribution is -0.142. The zero-order valence-electron chi connectivity index (χ0n) is 18.3. The first-order chi connectivity index (χ1) is 15.7. The number of hydrogen-bond donors (Lipinski definition) is 8. The van der Waals surface area contributed by atoms with Crippen LogP contribution >= 0.6 is 12.6 Å². The van der Waals surface area contributed by atoms with Crippen LogP contribution in [0.25, 0.3) is 0 Å². The Morgan fingerprint density at radius 3 is 2.03 bits per heavy atom. The van der Waals surface area contributed by atoms with Gasteiger partial charge in [-0.2, -0.15) is 12.6 Å². The summed E-state index contributed by atoms with van der Waals surface area (Å²) in [6.45, 7) is -0.327. The number of carbonyl (C=O) groups is 4. The predicted octanol–water partition coefficient (Wildman–Crippen LogP) is -1.85. The van der Waals surface area contributed by atoms with Crippen LogP contribution in [0.1, 0.15) is 24.8 Å². The first-order valence-electron chi connectivity index (χ1n) is 10.6. The minimum absolute atomic E-state index is 0.133. The first kappa shape index (κ1) is 28.4. The van der Waals surface area contributed by atoms with Gasteiger partial charge in [-0.1, -0.05) is 30.3 Å². The van der Waals surface area contributed by atoms with Gasteiger partial charge in [0.1, 0.15) is 18.1 Å². The fourth-order valence-electron chi connectivity index (χ4n) is 2.92. The van der Waals surface area contributed by atoms with Gasteiger partial charge in [0.15, 0.2) is 0 Å². The molecule has 0 bridgehead atoms. The van der Waals surface area contributed by atoms with Crippen molar-refractivity contribution in [2.45, 2.75) is 49.9 Å². The Bertz CT molecular complexity index is 782. The lowest BCUT2D eigenvalue weighted by atomic mass is 10.1. The highest BCUT2D eigenvalue weighted by molar-refractivity contribution is 7.80. The van der Waals surface area contributed by atoms with Gasteiger partial charge in [-0.3, -0.25) is 14.4 Å². The SMILES string of the molecule is NCCCCC(NC(=O)C(CS)NC(=O)C(CO)NC(=O)C(N)Cc1ccccc1)C(=O)O. The molecule has 1 aromatic carbocycles. The second kappa shape index (κ2) is 15.2. The number of nitrogens with two attached hydrogens (primary N) is 2. The number of amides is 3. The van der Waals surface area contributed by atoms with E-state index in [0.29, 0.717) is 19.4 Å². The molecule has 33 heavy (non-hydrogen) atoms. The smallest absolute Gasteiger partial charge is 0.326 e. The Balaban J connectivity index is 2.67. The first-order valence-corrected chi connectivity index (χ1v) is 11.2. The van der Waals surface area contributed by atoms with Gasteiger partial charge in [0.2, 0.25) is 17.7 Å². The number of carboxylic acids is 1. The quantitative estimate of drug-likeness (QED) is 0.105. The molecule has 0 aliphatic heterocycles. The highest BCUT2D eigenvalue weighted by Gasteiger charge is 2.29. The van der Waals surface area contributed by atoms with E-state index in [-0.39, 0.29) is 18.6 Å². The van der Waals surface area contributed by atoms with Crippen molar-refractivity contribution in [3.05, 3.63) is 35.9 Å². The highest BCUT2D eigenvalue weighted by Crippen LogP contribution is 2.04. The molecule has 0 radical (unpaired) electrons. The van der Waals surface area contributed by atoms with E-state index in [2.05, 4.69) is 28.6 Å². The molecule has 0 heterocycles. The molecule has 1 rings (SSSR count). The maximum atomic E-state index is 12.5.